The summed E-state index contributed by atoms with van der Waals surface area (Å²) in [5.41, 5.74) is 10.4. The first-order chi connectivity index (χ1) is 8.61. The van der Waals surface area contributed by atoms with E-state index in [2.05, 4.69) is 44.3 Å². The Kier molecular flexibility index (Phi) is 4.41. The van der Waals surface area contributed by atoms with Crippen LogP contribution in [0.15, 0.2) is 18.2 Å². The van der Waals surface area contributed by atoms with Crippen molar-refractivity contribution in [2.75, 3.05) is 6.54 Å². The van der Waals surface area contributed by atoms with Gasteiger partial charge in [0.05, 0.1) is 0 Å². The van der Waals surface area contributed by atoms with E-state index < -0.39 is 0 Å². The zero-order valence-corrected chi connectivity index (χ0v) is 11.9. The van der Waals surface area contributed by atoms with Crippen molar-refractivity contribution in [2.24, 2.45) is 5.73 Å². The van der Waals surface area contributed by atoms with Crippen molar-refractivity contribution in [3.63, 3.8) is 0 Å². The molecule has 0 spiro atoms. The minimum Gasteiger partial charge on any atom is -0.327 e. The average Bonchev–Trinajstić information content (AvgIpc) is 2.35. The van der Waals surface area contributed by atoms with E-state index in [1.807, 2.05) is 0 Å². The second-order valence-electron chi connectivity index (χ2n) is 5.77. The van der Waals surface area contributed by atoms with E-state index in [1.165, 1.54) is 29.5 Å². The first kappa shape index (κ1) is 13.6. The average molecular weight is 246 g/mol. The van der Waals surface area contributed by atoms with Gasteiger partial charge >= 0.3 is 0 Å². The molecule has 1 fully saturated rings. The monoisotopic (exact) mass is 246 g/mol. The zero-order chi connectivity index (χ0) is 13.1. The van der Waals surface area contributed by atoms with Gasteiger partial charge in [0.1, 0.15) is 0 Å². The van der Waals surface area contributed by atoms with Gasteiger partial charge in [0.2, 0.25) is 0 Å². The maximum Gasteiger partial charge on any atom is 0.0171 e. The van der Waals surface area contributed by atoms with E-state index in [1.54, 1.807) is 0 Å². The molecule has 0 aromatic heterocycles. The fraction of sp³-hybridized carbons (Fsp3) is 0.625. The van der Waals surface area contributed by atoms with Crippen LogP contribution in [-0.2, 0) is 0 Å². The number of piperidine rings is 1. The minimum absolute atomic E-state index is 0.294. The van der Waals surface area contributed by atoms with Crippen molar-refractivity contribution in [1.82, 2.24) is 5.32 Å². The summed E-state index contributed by atoms with van der Waals surface area (Å²) in [6.07, 6.45) is 3.58. The summed E-state index contributed by atoms with van der Waals surface area (Å²) in [5.74, 6) is 0.577. The van der Waals surface area contributed by atoms with Crippen LogP contribution in [0.5, 0.6) is 0 Å². The third kappa shape index (κ3) is 2.93. The molecule has 1 aromatic carbocycles. The molecule has 100 valence electrons. The molecule has 2 rings (SSSR count). The summed E-state index contributed by atoms with van der Waals surface area (Å²) >= 11 is 0. The Bertz CT molecular complexity index is 400. The smallest absolute Gasteiger partial charge is 0.0171 e. The molecular formula is C16H26N2. The summed E-state index contributed by atoms with van der Waals surface area (Å²) in [7, 11) is 0. The second kappa shape index (κ2) is 5.85. The lowest BCUT2D eigenvalue weighted by atomic mass is 9.79. The Morgan fingerprint density at radius 3 is 2.83 bits per heavy atom. The van der Waals surface area contributed by atoms with Crippen LogP contribution in [0.1, 0.15) is 48.8 Å². The molecule has 0 saturated carbocycles. The largest absolute Gasteiger partial charge is 0.327 e. The highest BCUT2D eigenvalue weighted by molar-refractivity contribution is 5.35. The highest BCUT2D eigenvalue weighted by Crippen LogP contribution is 2.32. The van der Waals surface area contributed by atoms with Crippen LogP contribution in [0.4, 0.5) is 0 Å². The van der Waals surface area contributed by atoms with Gasteiger partial charge in [-0.3, -0.25) is 0 Å². The third-order valence-electron chi connectivity index (χ3n) is 4.12. The summed E-state index contributed by atoms with van der Waals surface area (Å²) < 4.78 is 0. The van der Waals surface area contributed by atoms with E-state index >= 15 is 0 Å². The summed E-state index contributed by atoms with van der Waals surface area (Å²) in [4.78, 5) is 0. The lowest BCUT2D eigenvalue weighted by Gasteiger charge is -2.37. The van der Waals surface area contributed by atoms with Gasteiger partial charge in [-0.1, -0.05) is 37.1 Å². The summed E-state index contributed by atoms with van der Waals surface area (Å²) in [6.45, 7) is 7.62. The molecule has 0 aliphatic carbocycles. The molecule has 1 heterocycles. The van der Waals surface area contributed by atoms with Crippen molar-refractivity contribution in [2.45, 2.75) is 58.0 Å². The molecule has 1 aliphatic rings. The van der Waals surface area contributed by atoms with Gasteiger partial charge in [-0.2, -0.15) is 0 Å². The third-order valence-corrected chi connectivity index (χ3v) is 4.12. The summed E-state index contributed by atoms with van der Waals surface area (Å²) in [6, 6.07) is 7.68. The van der Waals surface area contributed by atoms with Crippen LogP contribution >= 0.6 is 0 Å². The predicted octanol–water partition coefficient (Wildman–Crippen LogP) is 2.88. The zero-order valence-electron chi connectivity index (χ0n) is 11.9. The van der Waals surface area contributed by atoms with Gasteiger partial charge in [0.25, 0.3) is 0 Å². The molecule has 0 amide bonds. The number of aryl methyl sites for hydroxylation is 2. The number of hydrogen-bond acceptors (Lipinski definition) is 2. The molecule has 18 heavy (non-hydrogen) atoms. The molecule has 1 aliphatic heterocycles. The first-order valence-corrected chi connectivity index (χ1v) is 7.18. The Labute approximate surface area is 111 Å². The Morgan fingerprint density at radius 2 is 2.11 bits per heavy atom. The predicted molar refractivity (Wildman–Crippen MR) is 77.9 cm³/mol. The molecule has 3 N–H and O–H groups in total. The molecule has 1 aromatic rings. The van der Waals surface area contributed by atoms with Gasteiger partial charge in [0, 0.05) is 24.5 Å². The lowest BCUT2D eigenvalue weighted by Crippen LogP contribution is -2.49. The molecule has 0 bridgehead atoms. The molecule has 2 nitrogen and oxygen atoms in total. The van der Waals surface area contributed by atoms with E-state index in [-0.39, 0.29) is 0 Å². The summed E-state index contributed by atoms with van der Waals surface area (Å²) in [5, 5.41) is 3.64. The standard InChI is InChI=1S/C16H26N2/c1-4-5-16-15(9-13(17)10-18-16)14-8-11(2)6-7-12(14)3/h6-8,13,15-16,18H,4-5,9-10,17H2,1-3H3. The maximum atomic E-state index is 6.15. The van der Waals surface area contributed by atoms with Crippen molar-refractivity contribution in [3.8, 4) is 0 Å². The molecule has 1 saturated heterocycles. The van der Waals surface area contributed by atoms with Crippen molar-refractivity contribution < 1.29 is 0 Å². The SMILES string of the molecule is CCCC1NCC(N)CC1c1cc(C)ccc1C. The van der Waals surface area contributed by atoms with Crippen molar-refractivity contribution in [3.05, 3.63) is 34.9 Å². The van der Waals surface area contributed by atoms with E-state index in [0.717, 1.165) is 13.0 Å². The normalized spacial score (nSPS) is 28.3. The highest BCUT2D eigenvalue weighted by atomic mass is 15.0. The topological polar surface area (TPSA) is 38.0 Å². The first-order valence-electron chi connectivity index (χ1n) is 7.18. The van der Waals surface area contributed by atoms with Crippen LogP contribution < -0.4 is 11.1 Å². The minimum atomic E-state index is 0.294. The Morgan fingerprint density at radius 1 is 1.33 bits per heavy atom. The molecule has 3 atom stereocenters. The van der Waals surface area contributed by atoms with E-state index in [9.17, 15) is 0 Å². The number of rotatable bonds is 3. The van der Waals surface area contributed by atoms with Gasteiger partial charge in [-0.15, -0.1) is 0 Å². The van der Waals surface area contributed by atoms with Crippen LogP contribution in [0.2, 0.25) is 0 Å². The van der Waals surface area contributed by atoms with E-state index in [0.29, 0.717) is 18.0 Å². The number of benzene rings is 1. The second-order valence-corrected chi connectivity index (χ2v) is 5.77. The van der Waals surface area contributed by atoms with Crippen LogP contribution in [-0.4, -0.2) is 18.6 Å². The highest BCUT2D eigenvalue weighted by Gasteiger charge is 2.29. The van der Waals surface area contributed by atoms with Crippen molar-refractivity contribution >= 4 is 0 Å². The molecule has 0 radical (unpaired) electrons. The van der Waals surface area contributed by atoms with Gasteiger partial charge in [-0.05, 0) is 37.8 Å². The van der Waals surface area contributed by atoms with Gasteiger partial charge in [-0.25, -0.2) is 0 Å². The Hall–Kier alpha value is -0.860. The molecule has 3 unspecified atom stereocenters. The van der Waals surface area contributed by atoms with Crippen LogP contribution in [0.3, 0.4) is 0 Å². The number of hydrogen-bond donors (Lipinski definition) is 2. The fourth-order valence-corrected chi connectivity index (χ4v) is 3.14. The molecular weight excluding hydrogens is 220 g/mol. The van der Waals surface area contributed by atoms with E-state index in [4.69, 9.17) is 5.73 Å². The maximum absolute atomic E-state index is 6.15. The fourth-order valence-electron chi connectivity index (χ4n) is 3.14. The van der Waals surface area contributed by atoms with Crippen molar-refractivity contribution in [1.29, 1.82) is 0 Å². The van der Waals surface area contributed by atoms with Crippen LogP contribution in [0, 0.1) is 13.8 Å². The number of nitrogens with two attached hydrogens (primary N) is 1. The number of nitrogens with one attached hydrogen (secondary N) is 1. The lowest BCUT2D eigenvalue weighted by molar-refractivity contribution is 0.305. The Balaban J connectivity index is 2.28. The van der Waals surface area contributed by atoms with Gasteiger partial charge in [0.15, 0.2) is 0 Å². The quantitative estimate of drug-likeness (QED) is 0.860. The van der Waals surface area contributed by atoms with Crippen LogP contribution in [0.25, 0.3) is 0 Å². The molecule has 2 heteroatoms. The van der Waals surface area contributed by atoms with Gasteiger partial charge < -0.3 is 11.1 Å².